The van der Waals surface area contributed by atoms with Crippen molar-refractivity contribution in [3.8, 4) is 11.5 Å². The number of aliphatic hydroxyl groups is 1. The Hall–Kier alpha value is -1.52. The first kappa shape index (κ1) is 15.9. The monoisotopic (exact) mass is 350 g/mol. The SMILES string of the molecule is CC(O)Cc1ccc(OCCOc2cccc(Br)c2)cc1. The van der Waals surface area contributed by atoms with Crippen LogP contribution < -0.4 is 9.47 Å². The number of hydrogen-bond donors (Lipinski definition) is 1. The quantitative estimate of drug-likeness (QED) is 0.771. The highest BCUT2D eigenvalue weighted by atomic mass is 79.9. The lowest BCUT2D eigenvalue weighted by Gasteiger charge is -2.09. The normalized spacial score (nSPS) is 12.0. The molecule has 1 unspecified atom stereocenters. The fourth-order valence-corrected chi connectivity index (χ4v) is 2.32. The Kier molecular flexibility index (Phi) is 6.08. The molecule has 2 aromatic rings. The Morgan fingerprint density at radius 2 is 1.67 bits per heavy atom. The van der Waals surface area contributed by atoms with E-state index in [1.54, 1.807) is 6.92 Å². The molecule has 0 aliphatic heterocycles. The van der Waals surface area contributed by atoms with Crippen LogP contribution in [0.5, 0.6) is 11.5 Å². The number of benzene rings is 2. The van der Waals surface area contributed by atoms with Crippen LogP contribution in [0.4, 0.5) is 0 Å². The largest absolute Gasteiger partial charge is 0.490 e. The van der Waals surface area contributed by atoms with Gasteiger partial charge in [0.15, 0.2) is 0 Å². The van der Waals surface area contributed by atoms with Gasteiger partial charge >= 0.3 is 0 Å². The summed E-state index contributed by atoms with van der Waals surface area (Å²) in [5.74, 6) is 1.63. The van der Waals surface area contributed by atoms with Gasteiger partial charge in [-0.05, 0) is 49.2 Å². The van der Waals surface area contributed by atoms with Crippen molar-refractivity contribution in [2.24, 2.45) is 0 Å². The minimum Gasteiger partial charge on any atom is -0.490 e. The smallest absolute Gasteiger partial charge is 0.122 e. The number of rotatable bonds is 7. The van der Waals surface area contributed by atoms with Crippen molar-refractivity contribution in [3.63, 3.8) is 0 Å². The first-order chi connectivity index (χ1) is 10.1. The minimum atomic E-state index is -0.324. The fourth-order valence-electron chi connectivity index (χ4n) is 1.94. The summed E-state index contributed by atoms with van der Waals surface area (Å²) in [7, 11) is 0. The van der Waals surface area contributed by atoms with Gasteiger partial charge < -0.3 is 14.6 Å². The zero-order chi connectivity index (χ0) is 15.1. The zero-order valence-electron chi connectivity index (χ0n) is 12.0. The van der Waals surface area contributed by atoms with Gasteiger partial charge in [-0.15, -0.1) is 0 Å². The number of aliphatic hydroxyl groups excluding tert-OH is 1. The van der Waals surface area contributed by atoms with Gasteiger partial charge in [0.05, 0.1) is 6.10 Å². The first-order valence-electron chi connectivity index (χ1n) is 6.91. The summed E-state index contributed by atoms with van der Waals surface area (Å²) < 4.78 is 12.2. The third-order valence-corrected chi connectivity index (χ3v) is 3.36. The van der Waals surface area contributed by atoms with Crippen molar-refractivity contribution >= 4 is 15.9 Å². The predicted octanol–water partition coefficient (Wildman–Crippen LogP) is 3.83. The van der Waals surface area contributed by atoms with Crippen LogP contribution in [0.15, 0.2) is 53.0 Å². The van der Waals surface area contributed by atoms with Crippen LogP contribution in [0.3, 0.4) is 0 Å². The Labute approximate surface area is 133 Å². The fraction of sp³-hybridized carbons (Fsp3) is 0.294. The topological polar surface area (TPSA) is 38.7 Å². The molecule has 4 heteroatoms. The van der Waals surface area contributed by atoms with E-state index >= 15 is 0 Å². The van der Waals surface area contributed by atoms with E-state index in [2.05, 4.69) is 15.9 Å². The Morgan fingerprint density at radius 1 is 1.00 bits per heavy atom. The second kappa shape index (κ2) is 8.05. The molecule has 0 heterocycles. The minimum absolute atomic E-state index is 0.324. The van der Waals surface area contributed by atoms with Crippen molar-refractivity contribution < 1.29 is 14.6 Å². The summed E-state index contributed by atoms with van der Waals surface area (Å²) >= 11 is 3.40. The van der Waals surface area contributed by atoms with Gasteiger partial charge in [0.2, 0.25) is 0 Å². The molecule has 0 aliphatic carbocycles. The van der Waals surface area contributed by atoms with E-state index < -0.39 is 0 Å². The standard InChI is InChI=1S/C17H19BrO3/c1-13(19)11-14-5-7-16(8-6-14)20-9-10-21-17-4-2-3-15(18)12-17/h2-8,12-13,19H,9-11H2,1H3. The molecule has 1 N–H and O–H groups in total. The lowest BCUT2D eigenvalue weighted by Crippen LogP contribution is -2.09. The summed E-state index contributed by atoms with van der Waals surface area (Å²) in [5, 5.41) is 9.33. The maximum Gasteiger partial charge on any atom is 0.122 e. The molecule has 21 heavy (non-hydrogen) atoms. The molecule has 0 saturated carbocycles. The van der Waals surface area contributed by atoms with Crippen molar-refractivity contribution in [2.75, 3.05) is 13.2 Å². The zero-order valence-corrected chi connectivity index (χ0v) is 13.5. The van der Waals surface area contributed by atoms with E-state index in [0.29, 0.717) is 19.6 Å². The highest BCUT2D eigenvalue weighted by molar-refractivity contribution is 9.10. The molecule has 112 valence electrons. The Morgan fingerprint density at radius 3 is 2.29 bits per heavy atom. The lowest BCUT2D eigenvalue weighted by atomic mass is 10.1. The molecule has 0 saturated heterocycles. The summed E-state index contributed by atoms with van der Waals surface area (Å²) in [6, 6.07) is 15.5. The number of hydrogen-bond acceptors (Lipinski definition) is 3. The summed E-state index contributed by atoms with van der Waals surface area (Å²) in [6.07, 6.45) is 0.335. The average molecular weight is 351 g/mol. The third kappa shape index (κ3) is 5.78. The van der Waals surface area contributed by atoms with Crippen LogP contribution >= 0.6 is 15.9 Å². The van der Waals surface area contributed by atoms with Gasteiger partial charge in [0.25, 0.3) is 0 Å². The molecule has 0 aliphatic rings. The Balaban J connectivity index is 1.73. The molecule has 0 spiro atoms. The average Bonchev–Trinajstić information content (AvgIpc) is 2.45. The molecule has 0 fully saturated rings. The molecule has 0 radical (unpaired) electrons. The van der Waals surface area contributed by atoms with Gasteiger partial charge in [0, 0.05) is 4.47 Å². The lowest BCUT2D eigenvalue weighted by molar-refractivity contribution is 0.195. The van der Waals surface area contributed by atoms with Crippen LogP contribution in [-0.2, 0) is 6.42 Å². The first-order valence-corrected chi connectivity index (χ1v) is 7.71. The molecule has 3 nitrogen and oxygen atoms in total. The molecule has 2 rings (SSSR count). The van der Waals surface area contributed by atoms with Crippen molar-refractivity contribution in [1.82, 2.24) is 0 Å². The van der Waals surface area contributed by atoms with Crippen LogP contribution in [-0.4, -0.2) is 24.4 Å². The van der Waals surface area contributed by atoms with E-state index in [1.807, 2.05) is 48.5 Å². The summed E-state index contributed by atoms with van der Waals surface area (Å²) in [5.41, 5.74) is 1.10. The second-order valence-electron chi connectivity index (χ2n) is 4.85. The van der Waals surface area contributed by atoms with E-state index in [-0.39, 0.29) is 6.10 Å². The molecule has 1 atom stereocenters. The molecule has 0 amide bonds. The van der Waals surface area contributed by atoms with Crippen molar-refractivity contribution in [3.05, 3.63) is 58.6 Å². The molecule has 0 aromatic heterocycles. The van der Waals surface area contributed by atoms with Gasteiger partial charge in [-0.2, -0.15) is 0 Å². The number of ether oxygens (including phenoxy) is 2. The Bertz CT molecular complexity index is 552. The van der Waals surface area contributed by atoms with Gasteiger partial charge in [-0.3, -0.25) is 0 Å². The van der Waals surface area contributed by atoms with Crippen molar-refractivity contribution in [1.29, 1.82) is 0 Å². The highest BCUT2D eigenvalue weighted by Gasteiger charge is 2.00. The van der Waals surface area contributed by atoms with Gasteiger partial charge in [-0.25, -0.2) is 0 Å². The molecular formula is C17H19BrO3. The van der Waals surface area contributed by atoms with E-state index in [4.69, 9.17) is 9.47 Å². The summed E-state index contributed by atoms with van der Waals surface area (Å²) in [6.45, 7) is 2.76. The van der Waals surface area contributed by atoms with Crippen LogP contribution in [0.2, 0.25) is 0 Å². The molecule has 2 aromatic carbocycles. The summed E-state index contributed by atoms with van der Waals surface area (Å²) in [4.78, 5) is 0. The van der Waals surface area contributed by atoms with E-state index in [1.165, 1.54) is 0 Å². The second-order valence-corrected chi connectivity index (χ2v) is 5.77. The van der Waals surface area contributed by atoms with Gasteiger partial charge in [-0.1, -0.05) is 34.1 Å². The molecular weight excluding hydrogens is 332 g/mol. The predicted molar refractivity (Wildman–Crippen MR) is 87.0 cm³/mol. The third-order valence-electron chi connectivity index (χ3n) is 2.87. The van der Waals surface area contributed by atoms with Crippen LogP contribution in [0.1, 0.15) is 12.5 Å². The maximum atomic E-state index is 9.33. The highest BCUT2D eigenvalue weighted by Crippen LogP contribution is 2.18. The number of halogens is 1. The molecule has 0 bridgehead atoms. The van der Waals surface area contributed by atoms with E-state index in [9.17, 15) is 5.11 Å². The van der Waals surface area contributed by atoms with Crippen molar-refractivity contribution in [2.45, 2.75) is 19.4 Å². The van der Waals surface area contributed by atoms with Crippen LogP contribution in [0.25, 0.3) is 0 Å². The van der Waals surface area contributed by atoms with E-state index in [0.717, 1.165) is 21.5 Å². The van der Waals surface area contributed by atoms with Gasteiger partial charge in [0.1, 0.15) is 24.7 Å². The van der Waals surface area contributed by atoms with Crippen LogP contribution in [0, 0.1) is 0 Å². The maximum absolute atomic E-state index is 9.33.